The second-order valence-corrected chi connectivity index (χ2v) is 5.35. The molecule has 0 radical (unpaired) electrons. The fourth-order valence-corrected chi connectivity index (χ4v) is 2.64. The average molecular weight is 283 g/mol. The van der Waals surface area contributed by atoms with Crippen molar-refractivity contribution in [2.45, 2.75) is 6.42 Å². The van der Waals surface area contributed by atoms with Crippen molar-refractivity contribution in [1.29, 1.82) is 0 Å². The van der Waals surface area contributed by atoms with Gasteiger partial charge in [0.15, 0.2) is 5.13 Å². The first-order chi connectivity index (χ1) is 9.06. The van der Waals surface area contributed by atoms with Gasteiger partial charge in [-0.15, -0.1) is 11.3 Å². The molecular weight excluding hydrogens is 266 g/mol. The summed E-state index contributed by atoms with van der Waals surface area (Å²) in [6.45, 7) is 2.89. The van der Waals surface area contributed by atoms with E-state index in [0.29, 0.717) is 30.5 Å². The fourth-order valence-electron chi connectivity index (χ4n) is 2.10. The summed E-state index contributed by atoms with van der Waals surface area (Å²) >= 11 is 1.26. The minimum Gasteiger partial charge on any atom is -0.375 e. The Balaban J connectivity index is 1.95. The number of carbonyl (C=O) groups excluding carboxylic acids is 2. The van der Waals surface area contributed by atoms with Crippen molar-refractivity contribution in [3.63, 3.8) is 0 Å². The van der Waals surface area contributed by atoms with Gasteiger partial charge in [-0.2, -0.15) is 0 Å². The minimum atomic E-state index is -0.341. The standard InChI is InChI=1S/C11H17N5O2S/c12-9(17)6-15-2-1-3-16(5-4-15)10(18)8-7-19-11(13)14-8/h7H,1-6H2,(H2,12,17)(H2,13,14). The quantitative estimate of drug-likeness (QED) is 0.767. The first-order valence-corrected chi connectivity index (χ1v) is 6.95. The summed E-state index contributed by atoms with van der Waals surface area (Å²) in [6, 6.07) is 0. The molecule has 1 fully saturated rings. The minimum absolute atomic E-state index is 0.103. The molecule has 0 bridgehead atoms. The predicted octanol–water partition coefficient (Wildman–Crippen LogP) is -0.641. The van der Waals surface area contributed by atoms with Gasteiger partial charge in [0.2, 0.25) is 5.91 Å². The third kappa shape index (κ3) is 3.65. The van der Waals surface area contributed by atoms with Gasteiger partial charge >= 0.3 is 0 Å². The molecular formula is C11H17N5O2S. The molecule has 2 rings (SSSR count). The van der Waals surface area contributed by atoms with Crippen molar-refractivity contribution in [1.82, 2.24) is 14.8 Å². The molecule has 0 aliphatic carbocycles. The summed E-state index contributed by atoms with van der Waals surface area (Å²) < 4.78 is 0. The molecule has 1 aromatic heterocycles. The Hall–Kier alpha value is -1.67. The molecule has 4 N–H and O–H groups in total. The number of aromatic nitrogens is 1. The van der Waals surface area contributed by atoms with Crippen LogP contribution in [0.25, 0.3) is 0 Å². The summed E-state index contributed by atoms with van der Waals surface area (Å²) in [5, 5.41) is 2.07. The van der Waals surface area contributed by atoms with Gasteiger partial charge in [-0.05, 0) is 6.42 Å². The van der Waals surface area contributed by atoms with Crippen molar-refractivity contribution in [2.75, 3.05) is 38.5 Å². The highest BCUT2D eigenvalue weighted by Crippen LogP contribution is 2.14. The number of thiazole rings is 1. The smallest absolute Gasteiger partial charge is 0.273 e. The van der Waals surface area contributed by atoms with E-state index in [1.807, 2.05) is 4.90 Å². The number of amides is 2. The molecule has 2 heterocycles. The highest BCUT2D eigenvalue weighted by Gasteiger charge is 2.22. The molecule has 7 nitrogen and oxygen atoms in total. The zero-order valence-corrected chi connectivity index (χ0v) is 11.4. The van der Waals surface area contributed by atoms with Gasteiger partial charge in [0.05, 0.1) is 6.54 Å². The van der Waals surface area contributed by atoms with Crippen LogP contribution in [0.1, 0.15) is 16.9 Å². The molecule has 104 valence electrons. The maximum atomic E-state index is 12.2. The molecule has 0 spiro atoms. The zero-order valence-electron chi connectivity index (χ0n) is 10.5. The maximum Gasteiger partial charge on any atom is 0.273 e. The van der Waals surface area contributed by atoms with Crippen molar-refractivity contribution >= 4 is 28.3 Å². The molecule has 8 heteroatoms. The largest absolute Gasteiger partial charge is 0.375 e. The third-order valence-corrected chi connectivity index (χ3v) is 3.67. The lowest BCUT2D eigenvalue weighted by atomic mass is 10.3. The summed E-state index contributed by atoms with van der Waals surface area (Å²) in [6.07, 6.45) is 0.818. The van der Waals surface area contributed by atoms with Crippen LogP contribution in [0.3, 0.4) is 0 Å². The van der Waals surface area contributed by atoms with E-state index in [1.165, 1.54) is 11.3 Å². The van der Waals surface area contributed by atoms with Crippen LogP contribution in [0.2, 0.25) is 0 Å². The van der Waals surface area contributed by atoms with Gasteiger partial charge in [-0.25, -0.2) is 4.98 Å². The maximum absolute atomic E-state index is 12.2. The van der Waals surface area contributed by atoms with Crippen LogP contribution in [0.15, 0.2) is 5.38 Å². The van der Waals surface area contributed by atoms with E-state index < -0.39 is 0 Å². The zero-order chi connectivity index (χ0) is 13.8. The second kappa shape index (κ2) is 5.98. The van der Waals surface area contributed by atoms with Crippen LogP contribution >= 0.6 is 11.3 Å². The van der Waals surface area contributed by atoms with Crippen LogP contribution in [-0.4, -0.2) is 59.3 Å². The van der Waals surface area contributed by atoms with E-state index in [1.54, 1.807) is 10.3 Å². The lowest BCUT2D eigenvalue weighted by Gasteiger charge is -2.20. The highest BCUT2D eigenvalue weighted by atomic mass is 32.1. The van der Waals surface area contributed by atoms with E-state index in [0.717, 1.165) is 13.0 Å². The molecule has 0 unspecified atom stereocenters. The van der Waals surface area contributed by atoms with Crippen molar-refractivity contribution in [2.24, 2.45) is 5.73 Å². The number of nitrogen functional groups attached to an aromatic ring is 1. The number of hydrogen-bond acceptors (Lipinski definition) is 6. The number of nitrogens with two attached hydrogens (primary N) is 2. The monoisotopic (exact) mass is 283 g/mol. The number of carbonyl (C=O) groups is 2. The van der Waals surface area contributed by atoms with Crippen LogP contribution in [-0.2, 0) is 4.79 Å². The number of nitrogens with zero attached hydrogens (tertiary/aromatic N) is 3. The number of hydrogen-bond donors (Lipinski definition) is 2. The number of anilines is 1. The molecule has 1 saturated heterocycles. The Kier molecular flexibility index (Phi) is 4.33. The molecule has 1 aliphatic heterocycles. The Morgan fingerprint density at radius 1 is 1.32 bits per heavy atom. The van der Waals surface area contributed by atoms with E-state index >= 15 is 0 Å². The van der Waals surface area contributed by atoms with Gasteiger partial charge < -0.3 is 16.4 Å². The van der Waals surface area contributed by atoms with Gasteiger partial charge in [0.25, 0.3) is 5.91 Å². The van der Waals surface area contributed by atoms with Crippen molar-refractivity contribution in [3.05, 3.63) is 11.1 Å². The van der Waals surface area contributed by atoms with Crippen LogP contribution < -0.4 is 11.5 Å². The van der Waals surface area contributed by atoms with Crippen molar-refractivity contribution in [3.8, 4) is 0 Å². The lowest BCUT2D eigenvalue weighted by Crippen LogP contribution is -2.38. The first kappa shape index (κ1) is 13.8. The fraction of sp³-hybridized carbons (Fsp3) is 0.545. The van der Waals surface area contributed by atoms with Crippen molar-refractivity contribution < 1.29 is 9.59 Å². The van der Waals surface area contributed by atoms with E-state index in [2.05, 4.69) is 4.98 Å². The summed E-state index contributed by atoms with van der Waals surface area (Å²) in [7, 11) is 0. The molecule has 1 aromatic rings. The Morgan fingerprint density at radius 3 is 2.74 bits per heavy atom. The van der Waals surface area contributed by atoms with Crippen LogP contribution in [0.5, 0.6) is 0 Å². The van der Waals surface area contributed by atoms with Crippen LogP contribution in [0, 0.1) is 0 Å². The SMILES string of the molecule is NC(=O)CN1CCCN(C(=O)c2csc(N)n2)CC1. The molecule has 2 amide bonds. The summed E-state index contributed by atoms with van der Waals surface area (Å²) in [5.74, 6) is -0.444. The predicted molar refractivity (Wildman–Crippen MR) is 72.7 cm³/mol. The average Bonchev–Trinajstić information content (AvgIpc) is 2.65. The number of rotatable bonds is 3. The van der Waals surface area contributed by atoms with E-state index in [-0.39, 0.29) is 18.4 Å². The molecule has 1 aliphatic rings. The first-order valence-electron chi connectivity index (χ1n) is 6.07. The Labute approximate surface area is 115 Å². The van der Waals surface area contributed by atoms with Gasteiger partial charge in [-0.3, -0.25) is 14.5 Å². The Morgan fingerprint density at radius 2 is 2.11 bits per heavy atom. The van der Waals surface area contributed by atoms with Gasteiger partial charge in [-0.1, -0.05) is 0 Å². The van der Waals surface area contributed by atoms with Gasteiger partial charge in [0.1, 0.15) is 5.69 Å². The highest BCUT2D eigenvalue weighted by molar-refractivity contribution is 7.13. The molecule has 0 atom stereocenters. The van der Waals surface area contributed by atoms with Crippen LogP contribution in [0.4, 0.5) is 5.13 Å². The summed E-state index contributed by atoms with van der Waals surface area (Å²) in [5.41, 5.74) is 11.1. The third-order valence-electron chi connectivity index (χ3n) is 3.00. The second-order valence-electron chi connectivity index (χ2n) is 4.46. The number of primary amides is 1. The lowest BCUT2D eigenvalue weighted by molar-refractivity contribution is -0.119. The van der Waals surface area contributed by atoms with E-state index in [9.17, 15) is 9.59 Å². The van der Waals surface area contributed by atoms with Gasteiger partial charge in [0, 0.05) is 31.6 Å². The van der Waals surface area contributed by atoms with E-state index in [4.69, 9.17) is 11.5 Å². The normalized spacial score (nSPS) is 17.2. The molecule has 0 aromatic carbocycles. The molecule has 19 heavy (non-hydrogen) atoms. The molecule has 0 saturated carbocycles. The summed E-state index contributed by atoms with van der Waals surface area (Å²) in [4.78, 5) is 30.8. The Bertz CT molecular complexity index is 475. The topological polar surface area (TPSA) is 106 Å².